The Morgan fingerprint density at radius 3 is 3.04 bits per heavy atom. The van der Waals surface area contributed by atoms with Crippen molar-refractivity contribution in [3.63, 3.8) is 0 Å². The summed E-state index contributed by atoms with van der Waals surface area (Å²) in [6, 6.07) is 0.0998. The predicted octanol–water partition coefficient (Wildman–Crippen LogP) is 1.54. The van der Waals surface area contributed by atoms with E-state index < -0.39 is 0 Å². The van der Waals surface area contributed by atoms with Gasteiger partial charge in [0.2, 0.25) is 5.91 Å². The molecular formula is C18H24N6O2. The van der Waals surface area contributed by atoms with Crippen molar-refractivity contribution in [1.29, 1.82) is 0 Å². The van der Waals surface area contributed by atoms with E-state index in [0.29, 0.717) is 48.1 Å². The highest BCUT2D eigenvalue weighted by atomic mass is 16.2. The van der Waals surface area contributed by atoms with Crippen molar-refractivity contribution in [2.24, 2.45) is 5.92 Å². The van der Waals surface area contributed by atoms with Gasteiger partial charge in [-0.3, -0.25) is 9.59 Å². The molecule has 138 valence electrons. The van der Waals surface area contributed by atoms with Crippen LogP contribution >= 0.6 is 0 Å². The Bertz CT molecular complexity index is 828. The summed E-state index contributed by atoms with van der Waals surface area (Å²) in [5, 5.41) is 6.19. The van der Waals surface area contributed by atoms with Gasteiger partial charge in [0.05, 0.1) is 11.8 Å². The third-order valence-corrected chi connectivity index (χ3v) is 4.32. The summed E-state index contributed by atoms with van der Waals surface area (Å²) in [5.41, 5.74) is 1.58. The van der Waals surface area contributed by atoms with Gasteiger partial charge in [-0.15, -0.1) is 0 Å². The first-order chi connectivity index (χ1) is 12.5. The number of likely N-dealkylation sites (tertiary alicyclic amines) is 1. The number of carbonyl (C=O) groups excluding carboxylic acids is 2. The number of carbonyl (C=O) groups is 2. The molecule has 2 aromatic rings. The molecule has 2 amide bonds. The van der Waals surface area contributed by atoms with Crippen molar-refractivity contribution in [2.45, 2.75) is 26.3 Å². The zero-order valence-electron chi connectivity index (χ0n) is 15.1. The molecule has 0 spiro atoms. The fraction of sp³-hybridized carbons (Fsp3) is 0.444. The molecule has 8 heteroatoms. The van der Waals surface area contributed by atoms with Gasteiger partial charge in [0.15, 0.2) is 5.65 Å². The van der Waals surface area contributed by atoms with E-state index in [1.54, 1.807) is 17.3 Å². The SMILES string of the molecule is C=CC(=O)N1CCC(Nc2cnc3[nH]cc(C(=O)NCC(C)C)c3n2)C1. The molecule has 0 aromatic carbocycles. The molecule has 8 nitrogen and oxygen atoms in total. The summed E-state index contributed by atoms with van der Waals surface area (Å²) in [6.07, 6.45) is 5.42. The normalized spacial score (nSPS) is 16.9. The Labute approximate surface area is 152 Å². The van der Waals surface area contributed by atoms with Crippen molar-refractivity contribution < 1.29 is 9.59 Å². The average molecular weight is 356 g/mol. The van der Waals surface area contributed by atoms with Crippen LogP contribution < -0.4 is 10.6 Å². The Kier molecular flexibility index (Phi) is 5.20. The highest BCUT2D eigenvalue weighted by Crippen LogP contribution is 2.19. The van der Waals surface area contributed by atoms with Crippen LogP contribution in [0.25, 0.3) is 11.2 Å². The van der Waals surface area contributed by atoms with Crippen LogP contribution in [0.2, 0.25) is 0 Å². The second-order valence-electron chi connectivity index (χ2n) is 6.88. The molecule has 0 saturated carbocycles. The zero-order valence-corrected chi connectivity index (χ0v) is 15.1. The van der Waals surface area contributed by atoms with Gasteiger partial charge in [-0.2, -0.15) is 0 Å². The second kappa shape index (κ2) is 7.55. The quantitative estimate of drug-likeness (QED) is 0.681. The lowest BCUT2D eigenvalue weighted by Crippen LogP contribution is -2.30. The number of nitrogens with one attached hydrogen (secondary N) is 3. The van der Waals surface area contributed by atoms with Gasteiger partial charge in [-0.05, 0) is 18.4 Å². The predicted molar refractivity (Wildman–Crippen MR) is 99.9 cm³/mol. The van der Waals surface area contributed by atoms with E-state index in [-0.39, 0.29) is 17.9 Å². The summed E-state index contributed by atoms with van der Waals surface area (Å²) in [7, 11) is 0. The van der Waals surface area contributed by atoms with Crippen molar-refractivity contribution in [3.8, 4) is 0 Å². The Balaban J connectivity index is 1.72. The Morgan fingerprint density at radius 2 is 2.31 bits per heavy atom. The smallest absolute Gasteiger partial charge is 0.255 e. The molecule has 1 aliphatic heterocycles. The average Bonchev–Trinajstić information content (AvgIpc) is 3.25. The molecule has 3 heterocycles. The minimum absolute atomic E-state index is 0.0643. The largest absolute Gasteiger partial charge is 0.364 e. The van der Waals surface area contributed by atoms with Gasteiger partial charge in [0.25, 0.3) is 5.91 Å². The van der Waals surface area contributed by atoms with E-state index in [1.165, 1.54) is 6.08 Å². The van der Waals surface area contributed by atoms with Crippen LogP contribution in [0.4, 0.5) is 5.82 Å². The van der Waals surface area contributed by atoms with Gasteiger partial charge in [-0.1, -0.05) is 20.4 Å². The van der Waals surface area contributed by atoms with Gasteiger partial charge >= 0.3 is 0 Å². The third-order valence-electron chi connectivity index (χ3n) is 4.32. The molecule has 2 aromatic heterocycles. The number of hydrogen-bond donors (Lipinski definition) is 3. The van der Waals surface area contributed by atoms with Crippen molar-refractivity contribution in [2.75, 3.05) is 25.0 Å². The Morgan fingerprint density at radius 1 is 1.50 bits per heavy atom. The fourth-order valence-corrected chi connectivity index (χ4v) is 2.94. The van der Waals surface area contributed by atoms with Crippen molar-refractivity contribution in [1.82, 2.24) is 25.2 Å². The first-order valence-corrected chi connectivity index (χ1v) is 8.78. The molecule has 1 unspecified atom stereocenters. The monoisotopic (exact) mass is 356 g/mol. The molecule has 1 aliphatic rings. The van der Waals surface area contributed by atoms with E-state index in [9.17, 15) is 9.59 Å². The molecule has 3 rings (SSSR count). The van der Waals surface area contributed by atoms with E-state index in [2.05, 4.69) is 32.2 Å². The fourth-order valence-electron chi connectivity index (χ4n) is 2.94. The minimum Gasteiger partial charge on any atom is -0.364 e. The molecule has 26 heavy (non-hydrogen) atoms. The molecular weight excluding hydrogens is 332 g/mol. The van der Waals surface area contributed by atoms with E-state index >= 15 is 0 Å². The van der Waals surface area contributed by atoms with Crippen LogP contribution in [-0.4, -0.2) is 57.3 Å². The van der Waals surface area contributed by atoms with Crippen molar-refractivity contribution >= 4 is 28.8 Å². The first-order valence-electron chi connectivity index (χ1n) is 8.78. The highest BCUT2D eigenvalue weighted by Gasteiger charge is 2.25. The van der Waals surface area contributed by atoms with Crippen LogP contribution in [0, 0.1) is 5.92 Å². The molecule has 0 radical (unpaired) electrons. The summed E-state index contributed by atoms with van der Waals surface area (Å²) in [5.74, 6) is 0.731. The van der Waals surface area contributed by atoms with Crippen LogP contribution in [0.5, 0.6) is 0 Å². The molecule has 1 saturated heterocycles. The number of hydrogen-bond acceptors (Lipinski definition) is 5. The van der Waals surface area contributed by atoms with Crippen LogP contribution in [0.3, 0.4) is 0 Å². The van der Waals surface area contributed by atoms with Crippen LogP contribution in [0.1, 0.15) is 30.6 Å². The number of aromatic amines is 1. The first kappa shape index (κ1) is 17.9. The summed E-state index contributed by atoms with van der Waals surface area (Å²) in [6.45, 7) is 9.49. The molecule has 1 atom stereocenters. The van der Waals surface area contributed by atoms with Crippen LogP contribution in [-0.2, 0) is 4.79 Å². The van der Waals surface area contributed by atoms with E-state index in [4.69, 9.17) is 0 Å². The molecule has 3 N–H and O–H groups in total. The number of H-pyrrole nitrogens is 1. The molecule has 0 aliphatic carbocycles. The number of amides is 2. The zero-order chi connectivity index (χ0) is 18.7. The second-order valence-corrected chi connectivity index (χ2v) is 6.88. The van der Waals surface area contributed by atoms with Gasteiger partial charge in [-0.25, -0.2) is 9.97 Å². The maximum Gasteiger partial charge on any atom is 0.255 e. The highest BCUT2D eigenvalue weighted by molar-refractivity contribution is 6.04. The Hall–Kier alpha value is -2.90. The van der Waals surface area contributed by atoms with Gasteiger partial charge in [0, 0.05) is 31.9 Å². The lowest BCUT2D eigenvalue weighted by Gasteiger charge is -2.15. The molecule has 0 bridgehead atoms. The standard InChI is InChI=1S/C18H24N6O2/c1-4-15(25)24-6-5-12(10-24)22-14-9-20-17-16(23-14)13(8-19-17)18(26)21-7-11(2)3/h4,8-9,11-12H,1,5-7,10H2,2-3H3,(H,19,20)(H,21,26)(H,22,23). The van der Waals surface area contributed by atoms with E-state index in [0.717, 1.165) is 6.42 Å². The van der Waals surface area contributed by atoms with E-state index in [1.807, 2.05) is 13.8 Å². The topological polar surface area (TPSA) is 103 Å². The summed E-state index contributed by atoms with van der Waals surface area (Å²) < 4.78 is 0. The number of rotatable bonds is 6. The number of aromatic nitrogens is 3. The summed E-state index contributed by atoms with van der Waals surface area (Å²) in [4.78, 5) is 37.7. The van der Waals surface area contributed by atoms with Crippen LogP contribution in [0.15, 0.2) is 25.0 Å². The number of anilines is 1. The number of fused-ring (bicyclic) bond motifs is 1. The maximum absolute atomic E-state index is 12.4. The molecule has 1 fully saturated rings. The summed E-state index contributed by atoms with van der Waals surface area (Å²) >= 11 is 0. The third kappa shape index (κ3) is 3.84. The number of nitrogens with zero attached hydrogens (tertiary/aromatic N) is 3. The van der Waals surface area contributed by atoms with Crippen molar-refractivity contribution in [3.05, 3.63) is 30.6 Å². The maximum atomic E-state index is 12.4. The minimum atomic E-state index is -0.167. The van der Waals surface area contributed by atoms with Gasteiger partial charge < -0.3 is 20.5 Å². The lowest BCUT2D eigenvalue weighted by molar-refractivity contribution is -0.125. The van der Waals surface area contributed by atoms with Gasteiger partial charge in [0.1, 0.15) is 11.3 Å². The lowest BCUT2D eigenvalue weighted by atomic mass is 10.2.